The molecule has 16 heavy (non-hydrogen) atoms. The van der Waals surface area contributed by atoms with Crippen LogP contribution in [0.2, 0.25) is 0 Å². The minimum Gasteiger partial charge on any atom is -0.394 e. The molecule has 5 heteroatoms. The summed E-state index contributed by atoms with van der Waals surface area (Å²) < 4.78 is 5.40. The zero-order chi connectivity index (χ0) is 11.5. The number of hydrogen-bond acceptors (Lipinski definition) is 5. The molecule has 0 radical (unpaired) electrons. The molecule has 1 saturated heterocycles. The Bertz CT molecular complexity index is 350. The van der Waals surface area contributed by atoms with Gasteiger partial charge in [-0.05, 0) is 13.8 Å². The number of hydrogen-bond donors (Lipinski definition) is 1. The minimum absolute atomic E-state index is 0.0551. The monoisotopic (exact) mass is 223 g/mol. The average molecular weight is 223 g/mol. The number of aliphatic hydroxyl groups excluding tert-OH is 1. The van der Waals surface area contributed by atoms with Crippen LogP contribution in [0.15, 0.2) is 6.07 Å². The lowest BCUT2D eigenvalue weighted by molar-refractivity contribution is 0.00334. The number of anilines is 1. The van der Waals surface area contributed by atoms with E-state index in [1.165, 1.54) is 0 Å². The van der Waals surface area contributed by atoms with Gasteiger partial charge in [-0.3, -0.25) is 0 Å². The van der Waals surface area contributed by atoms with E-state index < -0.39 is 0 Å². The Labute approximate surface area is 95.1 Å². The van der Waals surface area contributed by atoms with Crippen LogP contribution >= 0.6 is 0 Å². The topological polar surface area (TPSA) is 58.5 Å². The van der Waals surface area contributed by atoms with Gasteiger partial charge in [0, 0.05) is 24.8 Å². The van der Waals surface area contributed by atoms with E-state index in [1.807, 2.05) is 19.9 Å². The van der Waals surface area contributed by atoms with Crippen LogP contribution < -0.4 is 4.90 Å². The van der Waals surface area contributed by atoms with Gasteiger partial charge in [0.25, 0.3) is 0 Å². The molecule has 1 aromatic heterocycles. The van der Waals surface area contributed by atoms with Crippen LogP contribution in [0.4, 0.5) is 5.82 Å². The molecule has 0 aromatic carbocycles. The summed E-state index contributed by atoms with van der Waals surface area (Å²) in [6.07, 6.45) is -0.107. The molecule has 0 bridgehead atoms. The first-order valence-electron chi connectivity index (χ1n) is 5.48. The Morgan fingerprint density at radius 2 is 2.31 bits per heavy atom. The summed E-state index contributed by atoms with van der Waals surface area (Å²) in [5.74, 6) is 1.70. The lowest BCUT2D eigenvalue weighted by Crippen LogP contribution is -2.44. The van der Waals surface area contributed by atoms with E-state index >= 15 is 0 Å². The lowest BCUT2D eigenvalue weighted by atomic mass is 10.2. The molecule has 0 spiro atoms. The second-order valence-electron chi connectivity index (χ2n) is 4.04. The van der Waals surface area contributed by atoms with Crippen LogP contribution in [0.3, 0.4) is 0 Å². The molecule has 0 saturated carbocycles. The average Bonchev–Trinajstić information content (AvgIpc) is 2.28. The van der Waals surface area contributed by atoms with Crippen LogP contribution in [-0.4, -0.2) is 47.5 Å². The molecule has 2 rings (SSSR count). The van der Waals surface area contributed by atoms with Crippen LogP contribution in [0.5, 0.6) is 0 Å². The first-order chi connectivity index (χ1) is 7.69. The molecule has 1 aromatic rings. The fourth-order valence-electron chi connectivity index (χ4n) is 1.90. The second kappa shape index (κ2) is 4.76. The summed E-state index contributed by atoms with van der Waals surface area (Å²) in [6.45, 7) is 6.04. The summed E-state index contributed by atoms with van der Waals surface area (Å²) in [6, 6.07) is 1.97. The normalized spacial score (nSPS) is 21.2. The number of nitrogens with zero attached hydrogens (tertiary/aromatic N) is 3. The highest BCUT2D eigenvalue weighted by Crippen LogP contribution is 2.16. The zero-order valence-corrected chi connectivity index (χ0v) is 9.68. The fourth-order valence-corrected chi connectivity index (χ4v) is 1.90. The maximum absolute atomic E-state index is 9.08. The molecule has 1 N–H and O–H groups in total. The van der Waals surface area contributed by atoms with Crippen molar-refractivity contribution in [1.29, 1.82) is 0 Å². The van der Waals surface area contributed by atoms with Crippen molar-refractivity contribution in [2.24, 2.45) is 0 Å². The van der Waals surface area contributed by atoms with E-state index in [-0.39, 0.29) is 12.7 Å². The van der Waals surface area contributed by atoms with Gasteiger partial charge < -0.3 is 14.7 Å². The minimum atomic E-state index is -0.107. The van der Waals surface area contributed by atoms with E-state index in [9.17, 15) is 0 Å². The summed E-state index contributed by atoms with van der Waals surface area (Å²) in [5.41, 5.74) is 0.967. The van der Waals surface area contributed by atoms with Gasteiger partial charge >= 0.3 is 0 Å². The Hall–Kier alpha value is -1.20. The maximum Gasteiger partial charge on any atom is 0.132 e. The van der Waals surface area contributed by atoms with Crippen LogP contribution in [-0.2, 0) is 4.74 Å². The van der Waals surface area contributed by atoms with Crippen LogP contribution in [0, 0.1) is 13.8 Å². The Balaban J connectivity index is 2.16. The van der Waals surface area contributed by atoms with Gasteiger partial charge in [0.05, 0.1) is 19.3 Å². The standard InChI is InChI=1S/C11H17N3O2/c1-8-5-11(13-9(2)12-8)14-3-4-16-10(6-14)7-15/h5,10,15H,3-4,6-7H2,1-2H3/t10-/m1/s1. The largest absolute Gasteiger partial charge is 0.394 e. The smallest absolute Gasteiger partial charge is 0.132 e. The molecule has 0 unspecified atom stereocenters. The van der Waals surface area contributed by atoms with Crippen molar-refractivity contribution in [3.63, 3.8) is 0 Å². The zero-order valence-electron chi connectivity index (χ0n) is 9.68. The number of ether oxygens (including phenoxy) is 1. The summed E-state index contributed by atoms with van der Waals surface area (Å²) in [4.78, 5) is 10.8. The molecule has 88 valence electrons. The first-order valence-corrected chi connectivity index (χ1v) is 5.48. The molecular formula is C11H17N3O2. The third-order valence-corrected chi connectivity index (χ3v) is 2.62. The third-order valence-electron chi connectivity index (χ3n) is 2.62. The number of aliphatic hydroxyl groups is 1. The van der Waals surface area contributed by atoms with Crippen molar-refractivity contribution >= 4 is 5.82 Å². The molecule has 1 fully saturated rings. The van der Waals surface area contributed by atoms with Crippen molar-refractivity contribution in [3.8, 4) is 0 Å². The molecule has 1 aliphatic heterocycles. The molecule has 0 amide bonds. The van der Waals surface area contributed by atoms with Gasteiger partial charge in [-0.25, -0.2) is 9.97 Å². The van der Waals surface area contributed by atoms with E-state index in [1.54, 1.807) is 0 Å². The lowest BCUT2D eigenvalue weighted by Gasteiger charge is -2.33. The predicted octanol–water partition coefficient (Wildman–Crippen LogP) is 0.291. The highest BCUT2D eigenvalue weighted by atomic mass is 16.5. The van der Waals surface area contributed by atoms with Gasteiger partial charge in [0.15, 0.2) is 0 Å². The fraction of sp³-hybridized carbons (Fsp3) is 0.636. The number of aromatic nitrogens is 2. The molecular weight excluding hydrogens is 206 g/mol. The van der Waals surface area contributed by atoms with Gasteiger partial charge in [0.1, 0.15) is 11.6 Å². The summed E-state index contributed by atoms with van der Waals surface area (Å²) in [5, 5.41) is 9.08. The maximum atomic E-state index is 9.08. The number of morpholine rings is 1. The van der Waals surface area contributed by atoms with E-state index in [2.05, 4.69) is 14.9 Å². The summed E-state index contributed by atoms with van der Waals surface area (Å²) in [7, 11) is 0. The molecule has 2 heterocycles. The second-order valence-corrected chi connectivity index (χ2v) is 4.04. The van der Waals surface area contributed by atoms with Crippen molar-refractivity contribution in [2.45, 2.75) is 20.0 Å². The summed E-state index contributed by atoms with van der Waals surface area (Å²) >= 11 is 0. The van der Waals surface area contributed by atoms with Crippen molar-refractivity contribution in [3.05, 3.63) is 17.6 Å². The van der Waals surface area contributed by atoms with E-state index in [0.717, 1.165) is 23.9 Å². The van der Waals surface area contributed by atoms with Gasteiger partial charge in [-0.15, -0.1) is 0 Å². The molecule has 0 aliphatic carbocycles. The van der Waals surface area contributed by atoms with Gasteiger partial charge in [-0.2, -0.15) is 0 Å². The predicted molar refractivity (Wildman–Crippen MR) is 60.5 cm³/mol. The Morgan fingerprint density at radius 1 is 1.50 bits per heavy atom. The van der Waals surface area contributed by atoms with Gasteiger partial charge in [0.2, 0.25) is 0 Å². The third kappa shape index (κ3) is 2.48. The highest BCUT2D eigenvalue weighted by Gasteiger charge is 2.21. The van der Waals surface area contributed by atoms with Crippen molar-refractivity contribution < 1.29 is 9.84 Å². The molecule has 1 aliphatic rings. The molecule has 1 atom stereocenters. The quantitative estimate of drug-likeness (QED) is 0.781. The highest BCUT2D eigenvalue weighted by molar-refractivity contribution is 5.40. The van der Waals surface area contributed by atoms with Gasteiger partial charge in [-0.1, -0.05) is 0 Å². The van der Waals surface area contributed by atoms with Crippen LogP contribution in [0.25, 0.3) is 0 Å². The Morgan fingerprint density at radius 3 is 3.00 bits per heavy atom. The van der Waals surface area contributed by atoms with E-state index in [0.29, 0.717) is 13.2 Å². The number of rotatable bonds is 2. The molecule has 5 nitrogen and oxygen atoms in total. The van der Waals surface area contributed by atoms with Crippen molar-refractivity contribution in [2.75, 3.05) is 31.2 Å². The van der Waals surface area contributed by atoms with Crippen LogP contribution in [0.1, 0.15) is 11.5 Å². The SMILES string of the molecule is Cc1cc(N2CCO[C@@H](CO)C2)nc(C)n1. The number of aryl methyl sites for hydroxylation is 2. The van der Waals surface area contributed by atoms with Crippen molar-refractivity contribution in [1.82, 2.24) is 9.97 Å². The van der Waals surface area contributed by atoms with E-state index in [4.69, 9.17) is 9.84 Å². The Kier molecular flexibility index (Phi) is 3.36. The first kappa shape index (κ1) is 11.3.